The fourth-order valence-corrected chi connectivity index (χ4v) is 3.58. The molecule has 0 radical (unpaired) electrons. The molecule has 0 aromatic heterocycles. The molecule has 0 aliphatic carbocycles. The number of alkyl halides is 3. The summed E-state index contributed by atoms with van der Waals surface area (Å²) in [7, 11) is -4.20. The Morgan fingerprint density at radius 2 is 1.73 bits per heavy atom. The average Bonchev–Trinajstić information content (AvgIpc) is 2.55. The zero-order valence-electron chi connectivity index (χ0n) is 12.8. The molecule has 0 saturated carbocycles. The van der Waals surface area contributed by atoms with Gasteiger partial charge in [-0.15, -0.1) is 0 Å². The van der Waals surface area contributed by atoms with Gasteiger partial charge in [0.2, 0.25) is 10.0 Å². The molecule has 11 heteroatoms. The zero-order chi connectivity index (χ0) is 19.1. The predicted octanol–water partition coefficient (Wildman–Crippen LogP) is 2.51. The van der Waals surface area contributed by atoms with E-state index in [1.165, 1.54) is 12.1 Å². The van der Waals surface area contributed by atoms with E-state index in [2.05, 4.69) is 10.6 Å². The quantitative estimate of drug-likeness (QED) is 0.689. The summed E-state index contributed by atoms with van der Waals surface area (Å²) >= 11 is 0. The van der Waals surface area contributed by atoms with Gasteiger partial charge in [-0.05, 0) is 42.5 Å². The fourth-order valence-electron chi connectivity index (χ4n) is 2.32. The molecule has 0 bridgehead atoms. The van der Waals surface area contributed by atoms with Crippen LogP contribution in [-0.4, -0.2) is 20.5 Å². The number of hydrogen-bond acceptors (Lipinski definition) is 4. The summed E-state index contributed by atoms with van der Waals surface area (Å²) in [6.07, 6.45) is -6.21. The number of amides is 1. The first kappa shape index (κ1) is 18.1. The third-order valence-electron chi connectivity index (χ3n) is 3.54. The van der Waals surface area contributed by atoms with Crippen LogP contribution in [0.4, 0.5) is 28.9 Å². The Balaban J connectivity index is 1.88. The van der Waals surface area contributed by atoms with Gasteiger partial charge in [0.15, 0.2) is 6.17 Å². The largest absolute Gasteiger partial charge is 0.416 e. The van der Waals surface area contributed by atoms with E-state index in [4.69, 9.17) is 0 Å². The van der Waals surface area contributed by atoms with Crippen LogP contribution in [0.5, 0.6) is 0 Å². The maximum atomic E-state index is 12.9. The number of fused-ring (bicyclic) bond motifs is 1. The molecule has 26 heavy (non-hydrogen) atoms. The highest BCUT2D eigenvalue weighted by molar-refractivity contribution is 7.89. The van der Waals surface area contributed by atoms with E-state index in [1.54, 1.807) is 0 Å². The summed E-state index contributed by atoms with van der Waals surface area (Å²) in [6, 6.07) is 6.73. The minimum atomic E-state index is -4.67. The van der Waals surface area contributed by atoms with Crippen LogP contribution in [-0.2, 0) is 21.0 Å². The molecule has 0 spiro atoms. The van der Waals surface area contributed by atoms with Crippen molar-refractivity contribution >= 4 is 27.3 Å². The molecular formula is C15H11F4N3O3S. The lowest BCUT2D eigenvalue weighted by molar-refractivity contribution is -0.137. The zero-order valence-corrected chi connectivity index (χ0v) is 13.6. The predicted molar refractivity (Wildman–Crippen MR) is 84.2 cm³/mol. The van der Waals surface area contributed by atoms with Crippen molar-refractivity contribution in [1.29, 1.82) is 0 Å². The van der Waals surface area contributed by atoms with E-state index >= 15 is 0 Å². The second-order valence-corrected chi connectivity index (χ2v) is 7.09. The summed E-state index contributed by atoms with van der Waals surface area (Å²) in [6.45, 7) is 0. The van der Waals surface area contributed by atoms with Crippen molar-refractivity contribution in [3.8, 4) is 0 Å². The molecule has 1 aliphatic rings. The second-order valence-electron chi connectivity index (χ2n) is 5.40. The number of carbonyl (C=O) groups excluding carboxylic acids is 1. The lowest BCUT2D eigenvalue weighted by Gasteiger charge is -2.27. The van der Waals surface area contributed by atoms with E-state index in [9.17, 15) is 30.8 Å². The number of benzene rings is 2. The van der Waals surface area contributed by atoms with Gasteiger partial charge in [0.25, 0.3) is 5.91 Å². The highest BCUT2D eigenvalue weighted by atomic mass is 32.2. The Bertz CT molecular complexity index is 959. The molecule has 1 heterocycles. The number of nitrogens with one attached hydrogen (secondary N) is 3. The molecule has 0 saturated heterocycles. The first-order valence-corrected chi connectivity index (χ1v) is 8.61. The highest BCUT2D eigenvalue weighted by Crippen LogP contribution is 2.35. The minimum Gasteiger partial charge on any atom is -0.360 e. The number of anilines is 2. The molecular weight excluding hydrogens is 378 g/mol. The Hall–Kier alpha value is -2.66. The van der Waals surface area contributed by atoms with Gasteiger partial charge in [-0.25, -0.2) is 12.8 Å². The van der Waals surface area contributed by atoms with Crippen molar-refractivity contribution in [1.82, 2.24) is 4.72 Å². The van der Waals surface area contributed by atoms with Gasteiger partial charge in [-0.2, -0.15) is 17.9 Å². The summed E-state index contributed by atoms with van der Waals surface area (Å²) < 4.78 is 77.7. The van der Waals surface area contributed by atoms with Gasteiger partial charge in [0.1, 0.15) is 10.7 Å². The third-order valence-corrected chi connectivity index (χ3v) is 5.02. The van der Waals surface area contributed by atoms with Crippen molar-refractivity contribution in [2.75, 3.05) is 10.6 Å². The molecule has 2 aromatic carbocycles. The highest BCUT2D eigenvalue weighted by Gasteiger charge is 2.37. The van der Waals surface area contributed by atoms with Crippen LogP contribution in [0.15, 0.2) is 47.4 Å². The first-order valence-electron chi connectivity index (χ1n) is 7.13. The van der Waals surface area contributed by atoms with Crippen molar-refractivity contribution in [2.45, 2.75) is 17.2 Å². The van der Waals surface area contributed by atoms with Gasteiger partial charge in [-0.1, -0.05) is 0 Å². The molecule has 0 unspecified atom stereocenters. The smallest absolute Gasteiger partial charge is 0.360 e. The van der Waals surface area contributed by atoms with E-state index in [0.29, 0.717) is 12.1 Å². The standard InChI is InChI=1S/C15H11F4N3O3S/c16-9-2-4-10(5-3-9)20-14(23)13-21-11-7-8(15(17,18)19)1-6-12(11)26(24,25)22-13/h1-7,13,21-22H,(H,20,23)/t13-/m0/s1. The number of halogens is 4. The number of hydrogen-bond donors (Lipinski definition) is 3. The van der Waals surface area contributed by atoms with Crippen molar-refractivity contribution in [3.05, 3.63) is 53.8 Å². The molecule has 1 aliphatic heterocycles. The monoisotopic (exact) mass is 389 g/mol. The molecule has 3 rings (SSSR count). The molecule has 3 N–H and O–H groups in total. The minimum absolute atomic E-state index is 0.187. The Morgan fingerprint density at radius 3 is 2.35 bits per heavy atom. The van der Waals surface area contributed by atoms with Crippen LogP contribution < -0.4 is 15.4 Å². The van der Waals surface area contributed by atoms with Crippen molar-refractivity contribution in [3.63, 3.8) is 0 Å². The van der Waals surface area contributed by atoms with Crippen LogP contribution in [0.1, 0.15) is 5.56 Å². The number of rotatable bonds is 2. The van der Waals surface area contributed by atoms with Crippen molar-refractivity contribution < 1.29 is 30.8 Å². The van der Waals surface area contributed by atoms with Gasteiger partial charge < -0.3 is 10.6 Å². The van der Waals surface area contributed by atoms with Gasteiger partial charge in [0.05, 0.1) is 11.3 Å². The SMILES string of the molecule is O=C(Nc1ccc(F)cc1)[C@H]1Nc2cc(C(F)(F)F)ccc2S(=O)(=O)N1. The Labute approximate surface area is 145 Å². The Kier molecular flexibility index (Phi) is 4.36. The first-order chi connectivity index (χ1) is 12.1. The normalized spacial score (nSPS) is 18.5. The maximum Gasteiger partial charge on any atom is 0.416 e. The molecule has 2 aromatic rings. The molecule has 1 amide bonds. The van der Waals surface area contributed by atoms with Gasteiger partial charge >= 0.3 is 6.18 Å². The van der Waals surface area contributed by atoms with Gasteiger partial charge in [-0.3, -0.25) is 4.79 Å². The van der Waals surface area contributed by atoms with Crippen LogP contribution in [0, 0.1) is 5.82 Å². The van der Waals surface area contributed by atoms with E-state index in [1.807, 2.05) is 4.72 Å². The van der Waals surface area contributed by atoms with Crippen LogP contribution in [0.3, 0.4) is 0 Å². The third kappa shape index (κ3) is 3.63. The molecule has 138 valence electrons. The topological polar surface area (TPSA) is 87.3 Å². The molecule has 1 atom stereocenters. The molecule has 0 fully saturated rings. The fraction of sp³-hybridized carbons (Fsp3) is 0.133. The Morgan fingerprint density at radius 1 is 1.08 bits per heavy atom. The maximum absolute atomic E-state index is 12.9. The van der Waals surface area contributed by atoms with E-state index in [-0.39, 0.29) is 11.4 Å². The summed E-state index contributed by atoms with van der Waals surface area (Å²) in [4.78, 5) is 11.8. The summed E-state index contributed by atoms with van der Waals surface area (Å²) in [5, 5.41) is 4.76. The average molecular weight is 389 g/mol. The summed E-state index contributed by atoms with van der Waals surface area (Å²) in [5.41, 5.74) is -1.22. The van der Waals surface area contributed by atoms with E-state index in [0.717, 1.165) is 18.2 Å². The summed E-state index contributed by atoms with van der Waals surface area (Å²) in [5.74, 6) is -1.41. The lowest BCUT2D eigenvalue weighted by Crippen LogP contribution is -2.51. The van der Waals surface area contributed by atoms with E-state index < -0.39 is 44.5 Å². The number of carbonyl (C=O) groups is 1. The van der Waals surface area contributed by atoms with Gasteiger partial charge in [0, 0.05) is 5.69 Å². The van der Waals surface area contributed by atoms with Crippen LogP contribution in [0.25, 0.3) is 0 Å². The lowest BCUT2D eigenvalue weighted by atomic mass is 10.2. The van der Waals surface area contributed by atoms with Crippen LogP contribution >= 0.6 is 0 Å². The van der Waals surface area contributed by atoms with Crippen molar-refractivity contribution in [2.24, 2.45) is 0 Å². The number of sulfonamides is 1. The molecule has 6 nitrogen and oxygen atoms in total. The second kappa shape index (κ2) is 6.25. The van der Waals surface area contributed by atoms with Crippen LogP contribution in [0.2, 0.25) is 0 Å².